The molecule has 0 spiro atoms. The molecule has 1 N–H and O–H groups in total. The Kier molecular flexibility index (Phi) is 8.02. The van der Waals surface area contributed by atoms with Crippen LogP contribution in [0.1, 0.15) is 42.9 Å². The number of hydrogen-bond acceptors (Lipinski definition) is 5. The summed E-state index contributed by atoms with van der Waals surface area (Å²) in [6.45, 7) is 5.80. The highest BCUT2D eigenvalue weighted by atomic mass is 35.5. The van der Waals surface area contributed by atoms with Gasteiger partial charge in [-0.2, -0.15) is 0 Å². The van der Waals surface area contributed by atoms with E-state index >= 15 is 0 Å². The summed E-state index contributed by atoms with van der Waals surface area (Å²) in [5, 5.41) is 4.33. The molecular weight excluding hydrogens is 470 g/mol. The van der Waals surface area contributed by atoms with Gasteiger partial charge in [0.15, 0.2) is 9.84 Å². The second kappa shape index (κ2) is 10.8. The number of carbonyl (C=O) groups is 1. The summed E-state index contributed by atoms with van der Waals surface area (Å²) in [4.78, 5) is 22.0. The Balaban J connectivity index is 0.00000158. The molecule has 0 saturated carbocycles. The molecule has 0 saturated heterocycles. The van der Waals surface area contributed by atoms with Crippen LogP contribution in [0.3, 0.4) is 0 Å². The van der Waals surface area contributed by atoms with Crippen LogP contribution in [0.5, 0.6) is 0 Å². The molecule has 1 unspecified atom stereocenters. The lowest BCUT2D eigenvalue weighted by molar-refractivity contribution is 0.0935. The first-order valence-corrected chi connectivity index (χ1v) is 13.1. The van der Waals surface area contributed by atoms with Crippen molar-refractivity contribution < 1.29 is 13.2 Å². The molecule has 0 aliphatic rings. The highest BCUT2D eigenvalue weighted by molar-refractivity contribution is 7.90. The lowest BCUT2D eigenvalue weighted by Gasteiger charge is -2.15. The fourth-order valence-corrected chi connectivity index (χ4v) is 4.18. The van der Waals surface area contributed by atoms with E-state index in [0.717, 1.165) is 22.8 Å². The molecule has 1 amide bonds. The fourth-order valence-electron chi connectivity index (χ4n) is 3.38. The molecule has 176 valence electrons. The SMILES string of the molecule is CC.CC(NC(=O)c1ccc2cncc(-c3ccc(Cl)cc3)c2n1)c1cccc(S(C)(=O)=O)c1. The summed E-state index contributed by atoms with van der Waals surface area (Å²) in [6.07, 6.45) is 4.56. The number of benzene rings is 2. The van der Waals surface area contributed by atoms with Crippen LogP contribution in [-0.4, -0.2) is 30.5 Å². The first-order valence-electron chi connectivity index (χ1n) is 10.8. The van der Waals surface area contributed by atoms with Gasteiger partial charge in [-0.1, -0.05) is 49.7 Å². The van der Waals surface area contributed by atoms with Crippen molar-refractivity contribution in [2.75, 3.05) is 6.26 Å². The molecule has 0 aliphatic carbocycles. The van der Waals surface area contributed by atoms with E-state index < -0.39 is 15.9 Å². The zero-order valence-corrected chi connectivity index (χ0v) is 21.0. The van der Waals surface area contributed by atoms with Crippen LogP contribution in [0.15, 0.2) is 78.0 Å². The Labute approximate surface area is 205 Å². The lowest BCUT2D eigenvalue weighted by Crippen LogP contribution is -2.27. The quantitative estimate of drug-likeness (QED) is 0.374. The minimum atomic E-state index is -3.34. The number of fused-ring (bicyclic) bond motifs is 1. The standard InChI is InChI=1S/C24H20ClN3O3S.C2H6/c1-15(17-4-3-5-20(12-17)32(2,30)31)27-24(29)22-11-8-18-13-26-14-21(23(18)28-22)16-6-9-19(25)10-7-16;1-2/h3-15H,1-2H3,(H,27,29);1-2H3. The van der Waals surface area contributed by atoms with Crippen LogP contribution in [-0.2, 0) is 9.84 Å². The fraction of sp³-hybridized carbons (Fsp3) is 0.192. The predicted octanol–water partition coefficient (Wildman–Crippen LogP) is 5.87. The van der Waals surface area contributed by atoms with Gasteiger partial charge in [-0.3, -0.25) is 9.78 Å². The Hall–Kier alpha value is -3.29. The van der Waals surface area contributed by atoms with Crippen LogP contribution in [0.4, 0.5) is 0 Å². The maximum Gasteiger partial charge on any atom is 0.270 e. The maximum absolute atomic E-state index is 12.9. The second-order valence-corrected chi connectivity index (χ2v) is 9.95. The maximum atomic E-state index is 12.9. The summed E-state index contributed by atoms with van der Waals surface area (Å²) in [5.74, 6) is -0.358. The van der Waals surface area contributed by atoms with E-state index in [4.69, 9.17) is 11.6 Å². The van der Waals surface area contributed by atoms with Crippen LogP contribution >= 0.6 is 11.6 Å². The lowest BCUT2D eigenvalue weighted by atomic mass is 10.0. The highest BCUT2D eigenvalue weighted by Crippen LogP contribution is 2.28. The van der Waals surface area contributed by atoms with E-state index in [2.05, 4.69) is 15.3 Å². The minimum Gasteiger partial charge on any atom is -0.344 e. The Morgan fingerprint density at radius 2 is 1.71 bits per heavy atom. The van der Waals surface area contributed by atoms with Gasteiger partial charge in [0.05, 0.1) is 16.5 Å². The van der Waals surface area contributed by atoms with Gasteiger partial charge in [-0.15, -0.1) is 0 Å². The van der Waals surface area contributed by atoms with Crippen LogP contribution in [0.2, 0.25) is 5.02 Å². The monoisotopic (exact) mass is 495 g/mol. The molecule has 8 heteroatoms. The van der Waals surface area contributed by atoms with Gasteiger partial charge in [0.2, 0.25) is 0 Å². The highest BCUT2D eigenvalue weighted by Gasteiger charge is 2.16. The molecule has 0 radical (unpaired) electrons. The second-order valence-electron chi connectivity index (χ2n) is 7.50. The molecule has 34 heavy (non-hydrogen) atoms. The largest absolute Gasteiger partial charge is 0.344 e. The van der Waals surface area contributed by atoms with E-state index in [0.29, 0.717) is 16.1 Å². The van der Waals surface area contributed by atoms with E-state index in [-0.39, 0.29) is 16.5 Å². The Morgan fingerprint density at radius 3 is 2.38 bits per heavy atom. The van der Waals surface area contributed by atoms with Crippen molar-refractivity contribution in [3.63, 3.8) is 0 Å². The Morgan fingerprint density at radius 1 is 1.00 bits per heavy atom. The number of sulfone groups is 1. The molecule has 2 aromatic carbocycles. The van der Waals surface area contributed by atoms with Gasteiger partial charge in [-0.25, -0.2) is 13.4 Å². The summed E-state index contributed by atoms with van der Waals surface area (Å²) in [7, 11) is -3.34. The number of nitrogens with zero attached hydrogens (tertiary/aromatic N) is 2. The van der Waals surface area contributed by atoms with Gasteiger partial charge in [0.25, 0.3) is 5.91 Å². The molecule has 4 aromatic rings. The number of amides is 1. The van der Waals surface area contributed by atoms with E-state index in [1.807, 2.05) is 26.0 Å². The number of rotatable bonds is 5. The summed E-state index contributed by atoms with van der Waals surface area (Å²) in [5.41, 5.74) is 3.28. The first kappa shape index (κ1) is 25.3. The van der Waals surface area contributed by atoms with Crippen molar-refractivity contribution in [1.82, 2.24) is 15.3 Å². The van der Waals surface area contributed by atoms with Crippen molar-refractivity contribution in [2.24, 2.45) is 0 Å². The third kappa shape index (κ3) is 5.79. The summed E-state index contributed by atoms with van der Waals surface area (Å²) >= 11 is 6.00. The van der Waals surface area contributed by atoms with Crippen molar-refractivity contribution in [1.29, 1.82) is 0 Å². The van der Waals surface area contributed by atoms with Gasteiger partial charge >= 0.3 is 0 Å². The summed E-state index contributed by atoms with van der Waals surface area (Å²) < 4.78 is 23.7. The third-order valence-corrected chi connectivity index (χ3v) is 6.48. The van der Waals surface area contributed by atoms with E-state index in [1.165, 1.54) is 6.07 Å². The predicted molar refractivity (Wildman–Crippen MR) is 137 cm³/mol. The van der Waals surface area contributed by atoms with Gasteiger partial charge in [0.1, 0.15) is 5.69 Å². The zero-order valence-electron chi connectivity index (χ0n) is 19.4. The number of nitrogens with one attached hydrogen (secondary N) is 1. The van der Waals surface area contributed by atoms with E-state index in [9.17, 15) is 13.2 Å². The van der Waals surface area contributed by atoms with Crippen molar-refractivity contribution in [3.8, 4) is 11.1 Å². The van der Waals surface area contributed by atoms with Gasteiger partial charge < -0.3 is 5.32 Å². The topological polar surface area (TPSA) is 89.0 Å². The molecule has 0 bridgehead atoms. The molecule has 6 nitrogen and oxygen atoms in total. The van der Waals surface area contributed by atoms with Crippen LogP contribution in [0.25, 0.3) is 22.0 Å². The number of hydrogen-bond donors (Lipinski definition) is 1. The smallest absolute Gasteiger partial charge is 0.270 e. The summed E-state index contributed by atoms with van der Waals surface area (Å²) in [6, 6.07) is 16.9. The molecule has 0 aliphatic heterocycles. The zero-order chi connectivity index (χ0) is 24.9. The third-order valence-electron chi connectivity index (χ3n) is 5.12. The molecule has 2 aromatic heterocycles. The average molecular weight is 496 g/mol. The molecule has 4 rings (SSSR count). The number of carbonyl (C=O) groups excluding carboxylic acids is 1. The minimum absolute atomic E-state index is 0.208. The van der Waals surface area contributed by atoms with Crippen molar-refractivity contribution in [3.05, 3.63) is 89.3 Å². The number of halogens is 1. The Bertz CT molecular complexity index is 1420. The average Bonchev–Trinajstić information content (AvgIpc) is 2.84. The van der Waals surface area contributed by atoms with Crippen LogP contribution in [0, 0.1) is 0 Å². The number of aromatic nitrogens is 2. The normalized spacial score (nSPS) is 11.9. The number of pyridine rings is 2. The van der Waals surface area contributed by atoms with Crippen molar-refractivity contribution in [2.45, 2.75) is 31.7 Å². The molecular formula is C26H26ClN3O3S. The van der Waals surface area contributed by atoms with E-state index in [1.54, 1.807) is 61.8 Å². The van der Waals surface area contributed by atoms with Gasteiger partial charge in [0, 0.05) is 34.6 Å². The van der Waals surface area contributed by atoms with Gasteiger partial charge in [-0.05, 0) is 54.4 Å². The molecule has 1 atom stereocenters. The molecule has 2 heterocycles. The molecule has 0 fully saturated rings. The van der Waals surface area contributed by atoms with Crippen LogP contribution < -0.4 is 5.32 Å². The first-order chi connectivity index (χ1) is 16.2. The van der Waals surface area contributed by atoms with Crippen molar-refractivity contribution >= 4 is 38.2 Å².